The van der Waals surface area contributed by atoms with Gasteiger partial charge in [-0.2, -0.15) is 8.61 Å². The molecule has 2 N–H and O–H groups in total. The van der Waals surface area contributed by atoms with E-state index >= 15 is 0 Å². The molecule has 0 unspecified atom stereocenters. The van der Waals surface area contributed by atoms with Crippen LogP contribution in [0.4, 0.5) is 11.4 Å². The summed E-state index contributed by atoms with van der Waals surface area (Å²) in [7, 11) is -7.54. The summed E-state index contributed by atoms with van der Waals surface area (Å²) >= 11 is 0. The number of hydrogen-bond donors (Lipinski definition) is 2. The molecule has 0 saturated carbocycles. The van der Waals surface area contributed by atoms with Crippen LogP contribution in [0.15, 0.2) is 119 Å². The molecule has 15 heteroatoms. The van der Waals surface area contributed by atoms with E-state index in [1.807, 2.05) is 27.7 Å². The number of nitrogens with zero attached hydrogens (tertiary/aromatic N) is 2. The van der Waals surface area contributed by atoms with E-state index in [1.165, 1.54) is 81.4 Å². The molecule has 0 heterocycles. The lowest BCUT2D eigenvalue weighted by molar-refractivity contribution is 0.0399. The fraction of sp³-hybridized carbons (Fsp3) is 0.273. The molecular formula is C44H48N4O9S2. The van der Waals surface area contributed by atoms with Gasteiger partial charge in [0.15, 0.2) is 0 Å². The minimum atomic E-state index is -3.78. The molecule has 13 nitrogen and oxygen atoms in total. The summed E-state index contributed by atoms with van der Waals surface area (Å²) in [5.41, 5.74) is 0.0618. The minimum Gasteiger partial charge on any atom is -0.386 e. The van der Waals surface area contributed by atoms with Crippen LogP contribution < -0.4 is 10.6 Å². The Labute approximate surface area is 345 Å². The third-order valence-electron chi connectivity index (χ3n) is 9.34. The maximum absolute atomic E-state index is 13.7. The predicted octanol–water partition coefficient (Wildman–Crippen LogP) is 7.96. The van der Waals surface area contributed by atoms with Crippen molar-refractivity contribution >= 4 is 65.9 Å². The second-order valence-electron chi connectivity index (χ2n) is 13.7. The molecule has 5 aromatic rings. The Bertz CT molecular complexity index is 2530. The van der Waals surface area contributed by atoms with Crippen LogP contribution >= 0.6 is 0 Å². The van der Waals surface area contributed by atoms with Gasteiger partial charge in [-0.1, -0.05) is 64.1 Å². The molecule has 2 amide bonds. The highest BCUT2D eigenvalue weighted by atomic mass is 32.2. The maximum atomic E-state index is 13.7. The van der Waals surface area contributed by atoms with Crippen LogP contribution in [0, 0.1) is 0 Å². The van der Waals surface area contributed by atoms with Crippen molar-refractivity contribution in [1.82, 2.24) is 8.61 Å². The SMILES string of the molecule is CCCN(CCC)S(=O)(=O)c1ccc(C(=O)Nc2ccccc2C(=O)OC(=O)c2cc3ccccc3cc2NC(=O)c2ccc(S(=O)(=O)N(CCC)CCC)cc2)cc1. The van der Waals surface area contributed by atoms with E-state index in [1.54, 1.807) is 36.4 Å². The highest BCUT2D eigenvalue weighted by molar-refractivity contribution is 7.89. The van der Waals surface area contributed by atoms with Gasteiger partial charge in [0.05, 0.1) is 32.3 Å². The summed E-state index contributed by atoms with van der Waals surface area (Å²) in [5, 5.41) is 6.66. The number of amides is 2. The van der Waals surface area contributed by atoms with Gasteiger partial charge < -0.3 is 15.4 Å². The van der Waals surface area contributed by atoms with Crippen LogP contribution in [0.5, 0.6) is 0 Å². The molecular weight excluding hydrogens is 793 g/mol. The monoisotopic (exact) mass is 840 g/mol. The first-order valence-electron chi connectivity index (χ1n) is 19.5. The van der Waals surface area contributed by atoms with Gasteiger partial charge in [0.25, 0.3) is 11.8 Å². The zero-order chi connectivity index (χ0) is 42.7. The smallest absolute Gasteiger partial charge is 0.348 e. The fourth-order valence-corrected chi connectivity index (χ4v) is 9.67. The number of benzene rings is 5. The molecule has 0 aliphatic rings. The van der Waals surface area contributed by atoms with Crippen LogP contribution in [0.2, 0.25) is 0 Å². The van der Waals surface area contributed by atoms with Crippen molar-refractivity contribution in [2.45, 2.75) is 63.2 Å². The van der Waals surface area contributed by atoms with Gasteiger partial charge in [0, 0.05) is 37.3 Å². The molecule has 0 aliphatic heterocycles. The number of carbonyl (C=O) groups excluding carboxylic acids is 4. The standard InChI is InChI=1S/C44H48N4O9S2/c1-5-25-47(26-6-2)58(53,54)35-21-17-31(18-22-35)41(49)45-39-16-12-11-15-37(39)43(51)57-44(52)38-29-33-13-9-10-14-34(33)30-40(38)46-42(50)32-19-23-36(24-20-32)59(55,56)48(27-7-3)28-8-4/h9-24,29-30H,5-8,25-28H2,1-4H3,(H,45,49)(H,46,50). The first kappa shape index (κ1) is 44.4. The molecule has 0 aromatic heterocycles. The Morgan fingerprint density at radius 3 is 1.34 bits per heavy atom. The van der Waals surface area contributed by atoms with Crippen LogP contribution in [0.1, 0.15) is 94.8 Å². The predicted molar refractivity (Wildman–Crippen MR) is 228 cm³/mol. The Morgan fingerprint density at radius 2 is 0.881 bits per heavy atom. The number of sulfonamides is 2. The van der Waals surface area contributed by atoms with Gasteiger partial charge >= 0.3 is 11.9 Å². The van der Waals surface area contributed by atoms with Crippen LogP contribution in [0.25, 0.3) is 10.8 Å². The van der Waals surface area contributed by atoms with Crippen molar-refractivity contribution in [3.05, 3.63) is 131 Å². The number of carbonyl (C=O) groups is 4. The van der Waals surface area contributed by atoms with Crippen molar-refractivity contribution in [3.8, 4) is 0 Å². The molecule has 0 saturated heterocycles. The van der Waals surface area contributed by atoms with Gasteiger partial charge in [-0.05, 0) is 109 Å². The molecule has 0 aliphatic carbocycles. The molecule has 0 atom stereocenters. The van der Waals surface area contributed by atoms with Crippen LogP contribution in [0.3, 0.4) is 0 Å². The number of hydrogen-bond acceptors (Lipinski definition) is 9. The van der Waals surface area contributed by atoms with E-state index in [9.17, 15) is 36.0 Å². The number of para-hydroxylation sites is 1. The molecule has 0 bridgehead atoms. The molecule has 310 valence electrons. The lowest BCUT2D eigenvalue weighted by Gasteiger charge is -2.21. The molecule has 59 heavy (non-hydrogen) atoms. The highest BCUT2D eigenvalue weighted by Crippen LogP contribution is 2.28. The van der Waals surface area contributed by atoms with Crippen molar-refractivity contribution < 1.29 is 40.8 Å². The minimum absolute atomic E-state index is 0.0362. The molecule has 0 fully saturated rings. The Hall–Kier alpha value is -5.74. The molecule has 5 aromatic carbocycles. The Balaban J connectivity index is 1.35. The lowest BCUT2D eigenvalue weighted by Crippen LogP contribution is -2.32. The van der Waals surface area contributed by atoms with Crippen molar-refractivity contribution in [3.63, 3.8) is 0 Å². The summed E-state index contributed by atoms with van der Waals surface area (Å²) in [6.07, 6.45) is 2.60. The van der Waals surface area contributed by atoms with Crippen LogP contribution in [-0.4, -0.2) is 75.4 Å². The Kier molecular flexibility index (Phi) is 14.9. The second kappa shape index (κ2) is 19.8. The van der Waals surface area contributed by atoms with Crippen LogP contribution in [-0.2, 0) is 24.8 Å². The Morgan fingerprint density at radius 1 is 0.492 bits per heavy atom. The molecule has 0 spiro atoms. The third kappa shape index (κ3) is 10.5. The summed E-state index contributed by atoms with van der Waals surface area (Å²) in [6, 6.07) is 27.0. The normalized spacial score (nSPS) is 11.8. The topological polar surface area (TPSA) is 176 Å². The van der Waals surface area contributed by atoms with E-state index in [2.05, 4.69) is 10.6 Å². The number of anilines is 2. The third-order valence-corrected chi connectivity index (χ3v) is 13.2. The average Bonchev–Trinajstić information content (AvgIpc) is 3.23. The van der Waals surface area contributed by atoms with Crippen molar-refractivity contribution in [2.24, 2.45) is 0 Å². The van der Waals surface area contributed by atoms with E-state index in [-0.39, 0.29) is 43.4 Å². The van der Waals surface area contributed by atoms with Gasteiger partial charge in [-0.25, -0.2) is 26.4 Å². The zero-order valence-electron chi connectivity index (χ0n) is 33.4. The fourth-order valence-electron chi connectivity index (χ4n) is 6.42. The quantitative estimate of drug-likeness (QED) is 0.0655. The largest absolute Gasteiger partial charge is 0.386 e. The second-order valence-corrected chi connectivity index (χ2v) is 17.6. The summed E-state index contributed by atoms with van der Waals surface area (Å²) in [5.74, 6) is -3.44. The number of fused-ring (bicyclic) bond motifs is 1. The van der Waals surface area contributed by atoms with Gasteiger partial charge in [-0.15, -0.1) is 0 Å². The van der Waals surface area contributed by atoms with Gasteiger partial charge in [0.2, 0.25) is 20.0 Å². The molecule has 0 radical (unpaired) electrons. The van der Waals surface area contributed by atoms with E-state index in [0.29, 0.717) is 62.6 Å². The number of ether oxygens (including phenoxy) is 1. The highest BCUT2D eigenvalue weighted by Gasteiger charge is 2.26. The summed E-state index contributed by atoms with van der Waals surface area (Å²) in [4.78, 5) is 54.2. The van der Waals surface area contributed by atoms with Gasteiger partial charge in [-0.3, -0.25) is 9.59 Å². The van der Waals surface area contributed by atoms with E-state index in [0.717, 1.165) is 0 Å². The summed E-state index contributed by atoms with van der Waals surface area (Å²) < 4.78 is 61.1. The van der Waals surface area contributed by atoms with E-state index < -0.39 is 43.8 Å². The first-order valence-corrected chi connectivity index (χ1v) is 22.3. The van der Waals surface area contributed by atoms with Crippen molar-refractivity contribution in [1.29, 1.82) is 0 Å². The van der Waals surface area contributed by atoms with Gasteiger partial charge in [0.1, 0.15) is 0 Å². The maximum Gasteiger partial charge on any atom is 0.348 e. The van der Waals surface area contributed by atoms with Crippen molar-refractivity contribution in [2.75, 3.05) is 36.8 Å². The number of esters is 2. The number of nitrogens with one attached hydrogen (secondary N) is 2. The average molecular weight is 841 g/mol. The zero-order valence-corrected chi connectivity index (χ0v) is 35.1. The lowest BCUT2D eigenvalue weighted by atomic mass is 10.0. The first-order chi connectivity index (χ1) is 28.2. The van der Waals surface area contributed by atoms with E-state index in [4.69, 9.17) is 4.74 Å². The number of rotatable bonds is 18. The summed E-state index contributed by atoms with van der Waals surface area (Å²) in [6.45, 7) is 9.05. The molecule has 5 rings (SSSR count).